The molecule has 0 saturated heterocycles. The number of carbonyl (C=O) groups is 1. The molecule has 0 bridgehead atoms. The zero-order valence-electron chi connectivity index (χ0n) is 18.5. The number of sulfonamides is 1. The van der Waals surface area contributed by atoms with E-state index in [-0.39, 0.29) is 4.90 Å². The van der Waals surface area contributed by atoms with Crippen LogP contribution in [0.5, 0.6) is 5.75 Å². The predicted molar refractivity (Wildman–Crippen MR) is 135 cm³/mol. The summed E-state index contributed by atoms with van der Waals surface area (Å²) in [5.41, 5.74) is 4.30. The highest BCUT2D eigenvalue weighted by atomic mass is 35.5. The van der Waals surface area contributed by atoms with Crippen molar-refractivity contribution in [3.63, 3.8) is 0 Å². The Hall–Kier alpha value is -3.62. The Morgan fingerprint density at radius 1 is 1.12 bits per heavy atom. The van der Waals surface area contributed by atoms with Crippen molar-refractivity contribution in [2.24, 2.45) is 5.10 Å². The highest BCUT2D eigenvalue weighted by molar-refractivity contribution is 7.92. The monoisotopic (exact) mass is 497 g/mol. The van der Waals surface area contributed by atoms with Crippen molar-refractivity contribution in [3.8, 4) is 5.75 Å². The molecule has 3 aromatic rings. The molecule has 0 aromatic heterocycles. The van der Waals surface area contributed by atoms with E-state index in [2.05, 4.69) is 17.1 Å². The molecule has 0 unspecified atom stereocenters. The van der Waals surface area contributed by atoms with Gasteiger partial charge in [0.1, 0.15) is 18.9 Å². The first-order valence-electron chi connectivity index (χ1n) is 10.3. The van der Waals surface area contributed by atoms with Gasteiger partial charge in [0, 0.05) is 5.02 Å². The maximum atomic E-state index is 13.3. The quantitative estimate of drug-likeness (QED) is 0.253. The minimum Gasteiger partial charge on any atom is -0.490 e. The summed E-state index contributed by atoms with van der Waals surface area (Å²) in [6, 6.07) is 19.7. The van der Waals surface area contributed by atoms with Crippen LogP contribution in [0.15, 0.2) is 95.4 Å². The standard InChI is InChI=1S/C25H24ClN3O4S/c1-3-15-33-23-6-4-5-20(16-23)17-27-28-25(30)18-29(22-11-9-21(26)10-12-22)34(31,32)24-13-7-19(2)8-14-24/h3-14,16-17H,1,15,18H2,2H3,(H,28,30)/b27-17-. The summed E-state index contributed by atoms with van der Waals surface area (Å²) < 4.78 is 33.2. The molecule has 1 amide bonds. The molecule has 0 heterocycles. The second-order valence-corrected chi connectivity index (χ2v) is 9.57. The first kappa shape index (κ1) is 25.0. The van der Waals surface area contributed by atoms with Crippen LogP contribution in [-0.2, 0) is 14.8 Å². The number of hydrazone groups is 1. The maximum Gasteiger partial charge on any atom is 0.264 e. The fraction of sp³-hybridized carbons (Fsp3) is 0.120. The minimum absolute atomic E-state index is 0.0701. The lowest BCUT2D eigenvalue weighted by Crippen LogP contribution is -2.39. The average molecular weight is 498 g/mol. The zero-order chi connectivity index (χ0) is 24.6. The van der Waals surface area contributed by atoms with E-state index in [0.29, 0.717) is 28.6 Å². The van der Waals surface area contributed by atoms with Gasteiger partial charge >= 0.3 is 0 Å². The van der Waals surface area contributed by atoms with Gasteiger partial charge in [-0.3, -0.25) is 9.10 Å². The first-order valence-corrected chi connectivity index (χ1v) is 12.1. The molecule has 0 radical (unpaired) electrons. The molecule has 0 aliphatic heterocycles. The van der Waals surface area contributed by atoms with Crippen LogP contribution < -0.4 is 14.5 Å². The van der Waals surface area contributed by atoms with E-state index in [1.807, 2.05) is 6.92 Å². The van der Waals surface area contributed by atoms with Gasteiger partial charge in [-0.1, -0.05) is 54.1 Å². The van der Waals surface area contributed by atoms with Crippen molar-refractivity contribution >= 4 is 39.4 Å². The summed E-state index contributed by atoms with van der Waals surface area (Å²) in [7, 11) is -4.02. The fourth-order valence-electron chi connectivity index (χ4n) is 2.94. The third-order valence-electron chi connectivity index (χ3n) is 4.64. The number of anilines is 1. The SMILES string of the molecule is C=CCOc1cccc(/C=N\NC(=O)CN(c2ccc(Cl)cc2)S(=O)(=O)c2ccc(C)cc2)c1. The summed E-state index contributed by atoms with van der Waals surface area (Å²) in [4.78, 5) is 12.7. The molecule has 3 rings (SSSR count). The van der Waals surface area contributed by atoms with Gasteiger partial charge in [-0.2, -0.15) is 5.10 Å². The highest BCUT2D eigenvalue weighted by Crippen LogP contribution is 2.25. The van der Waals surface area contributed by atoms with Crippen LogP contribution in [0.3, 0.4) is 0 Å². The summed E-state index contributed by atoms with van der Waals surface area (Å²) in [5.74, 6) is 0.0224. The lowest BCUT2D eigenvalue weighted by Gasteiger charge is -2.23. The number of halogens is 1. The molecular weight excluding hydrogens is 474 g/mol. The Morgan fingerprint density at radius 3 is 2.50 bits per heavy atom. The van der Waals surface area contributed by atoms with Crippen LogP contribution in [0.25, 0.3) is 0 Å². The van der Waals surface area contributed by atoms with E-state index in [4.69, 9.17) is 16.3 Å². The van der Waals surface area contributed by atoms with Gasteiger partial charge in [-0.15, -0.1) is 0 Å². The van der Waals surface area contributed by atoms with Crippen LogP contribution in [0, 0.1) is 6.92 Å². The van der Waals surface area contributed by atoms with Crippen molar-refractivity contribution in [2.45, 2.75) is 11.8 Å². The zero-order valence-corrected chi connectivity index (χ0v) is 20.1. The van der Waals surface area contributed by atoms with Crippen molar-refractivity contribution in [3.05, 3.63) is 102 Å². The van der Waals surface area contributed by atoms with Crippen LogP contribution in [0.4, 0.5) is 5.69 Å². The first-order chi connectivity index (χ1) is 16.3. The third-order valence-corrected chi connectivity index (χ3v) is 6.68. The molecule has 1 N–H and O–H groups in total. The Morgan fingerprint density at radius 2 is 1.82 bits per heavy atom. The van der Waals surface area contributed by atoms with Gasteiger partial charge in [0.05, 0.1) is 16.8 Å². The van der Waals surface area contributed by atoms with E-state index in [0.717, 1.165) is 9.87 Å². The molecular formula is C25H24ClN3O4S. The van der Waals surface area contributed by atoms with E-state index < -0.39 is 22.5 Å². The van der Waals surface area contributed by atoms with E-state index in [9.17, 15) is 13.2 Å². The second-order valence-electron chi connectivity index (χ2n) is 7.27. The van der Waals surface area contributed by atoms with E-state index in [1.54, 1.807) is 66.7 Å². The number of nitrogens with one attached hydrogen (secondary N) is 1. The Bertz CT molecular complexity index is 1270. The molecule has 0 fully saturated rings. The maximum absolute atomic E-state index is 13.3. The highest BCUT2D eigenvalue weighted by Gasteiger charge is 2.27. The summed E-state index contributed by atoms with van der Waals surface area (Å²) in [6.07, 6.45) is 3.08. The molecule has 0 atom stereocenters. The number of hydrogen-bond donors (Lipinski definition) is 1. The van der Waals surface area contributed by atoms with Crippen LogP contribution >= 0.6 is 11.6 Å². The molecule has 34 heavy (non-hydrogen) atoms. The minimum atomic E-state index is -4.02. The van der Waals surface area contributed by atoms with Gasteiger partial charge in [-0.25, -0.2) is 13.8 Å². The predicted octanol–water partition coefficient (Wildman–Crippen LogP) is 4.56. The Labute approximate surface area is 204 Å². The van der Waals surface area contributed by atoms with Crippen molar-refractivity contribution in [1.29, 1.82) is 0 Å². The summed E-state index contributed by atoms with van der Waals surface area (Å²) >= 11 is 5.96. The molecule has 3 aromatic carbocycles. The summed E-state index contributed by atoms with van der Waals surface area (Å²) in [6.45, 7) is 5.36. The number of amides is 1. The van der Waals surface area contributed by atoms with E-state index >= 15 is 0 Å². The molecule has 0 aliphatic rings. The second kappa shape index (κ2) is 11.5. The normalized spacial score (nSPS) is 11.2. The Kier molecular flexibility index (Phi) is 8.45. The molecule has 9 heteroatoms. The summed E-state index contributed by atoms with van der Waals surface area (Å²) in [5, 5.41) is 4.40. The van der Waals surface area contributed by atoms with Crippen molar-refractivity contribution in [1.82, 2.24) is 5.43 Å². The number of nitrogens with zero attached hydrogens (tertiary/aromatic N) is 2. The number of carbonyl (C=O) groups excluding carboxylic acids is 1. The molecule has 176 valence electrons. The molecule has 0 spiro atoms. The van der Waals surface area contributed by atoms with Crippen LogP contribution in [0.2, 0.25) is 5.02 Å². The number of benzene rings is 3. The molecule has 0 aliphatic carbocycles. The molecule has 0 saturated carbocycles. The lowest BCUT2D eigenvalue weighted by molar-refractivity contribution is -0.119. The van der Waals surface area contributed by atoms with Gasteiger partial charge in [0.2, 0.25) is 0 Å². The Balaban J connectivity index is 1.78. The van der Waals surface area contributed by atoms with Crippen LogP contribution in [0.1, 0.15) is 11.1 Å². The largest absolute Gasteiger partial charge is 0.490 e. The molecule has 7 nitrogen and oxygen atoms in total. The fourth-order valence-corrected chi connectivity index (χ4v) is 4.49. The van der Waals surface area contributed by atoms with Gasteiger partial charge < -0.3 is 4.74 Å². The van der Waals surface area contributed by atoms with Crippen molar-refractivity contribution < 1.29 is 17.9 Å². The topological polar surface area (TPSA) is 88.1 Å². The number of hydrogen-bond acceptors (Lipinski definition) is 5. The number of rotatable bonds is 10. The van der Waals surface area contributed by atoms with Crippen molar-refractivity contribution in [2.75, 3.05) is 17.5 Å². The lowest BCUT2D eigenvalue weighted by atomic mass is 10.2. The van der Waals surface area contributed by atoms with Gasteiger partial charge in [0.15, 0.2) is 0 Å². The number of aryl methyl sites for hydroxylation is 1. The van der Waals surface area contributed by atoms with E-state index in [1.165, 1.54) is 18.3 Å². The average Bonchev–Trinajstić information content (AvgIpc) is 2.82. The smallest absolute Gasteiger partial charge is 0.264 e. The van der Waals surface area contributed by atoms with Gasteiger partial charge in [-0.05, 0) is 61.0 Å². The van der Waals surface area contributed by atoms with Gasteiger partial charge in [0.25, 0.3) is 15.9 Å². The number of ether oxygens (including phenoxy) is 1. The van der Waals surface area contributed by atoms with Crippen LogP contribution in [-0.4, -0.2) is 33.7 Å². The third kappa shape index (κ3) is 6.69.